The molecule has 168 valence electrons. The quantitative estimate of drug-likeness (QED) is 0.346. The van der Waals surface area contributed by atoms with Gasteiger partial charge in [-0.1, -0.05) is 23.7 Å². The summed E-state index contributed by atoms with van der Waals surface area (Å²) in [4.78, 5) is 6.85. The number of halogens is 1. The SMILES string of the molecule is Cc1ccc(Cl)cc1-n1c(C)cc([C@H]2[C@H](c3ccccn3)NC(=S)N2Cc2ccco2)c1C. The molecule has 0 bridgehead atoms. The van der Waals surface area contributed by atoms with Gasteiger partial charge >= 0.3 is 0 Å². The Bertz CT molecular complexity index is 1300. The Balaban J connectivity index is 1.65. The molecule has 0 amide bonds. The number of hydrogen-bond acceptors (Lipinski definition) is 3. The van der Waals surface area contributed by atoms with E-state index in [9.17, 15) is 0 Å². The van der Waals surface area contributed by atoms with Crippen molar-refractivity contribution in [2.75, 3.05) is 0 Å². The fourth-order valence-electron chi connectivity index (χ4n) is 4.77. The van der Waals surface area contributed by atoms with Crippen LogP contribution in [0.3, 0.4) is 0 Å². The van der Waals surface area contributed by atoms with E-state index in [2.05, 4.69) is 52.7 Å². The molecule has 2 atom stereocenters. The summed E-state index contributed by atoms with van der Waals surface area (Å²) in [5, 5.41) is 4.93. The molecule has 5 nitrogen and oxygen atoms in total. The summed E-state index contributed by atoms with van der Waals surface area (Å²) in [6.45, 7) is 6.97. The molecule has 1 aliphatic rings. The lowest BCUT2D eigenvalue weighted by atomic mass is 9.96. The van der Waals surface area contributed by atoms with E-state index in [0.717, 1.165) is 33.6 Å². The topological polar surface area (TPSA) is 46.2 Å². The maximum atomic E-state index is 6.36. The zero-order valence-corrected chi connectivity index (χ0v) is 20.3. The van der Waals surface area contributed by atoms with E-state index < -0.39 is 0 Å². The van der Waals surface area contributed by atoms with Crippen molar-refractivity contribution in [1.29, 1.82) is 0 Å². The van der Waals surface area contributed by atoms with Crippen LogP contribution in [0.15, 0.2) is 71.5 Å². The summed E-state index contributed by atoms with van der Waals surface area (Å²) < 4.78 is 7.94. The molecule has 1 aromatic carbocycles. The predicted molar refractivity (Wildman–Crippen MR) is 135 cm³/mol. The highest BCUT2D eigenvalue weighted by molar-refractivity contribution is 7.80. The van der Waals surface area contributed by atoms with E-state index >= 15 is 0 Å². The largest absolute Gasteiger partial charge is 0.467 e. The highest BCUT2D eigenvalue weighted by Crippen LogP contribution is 2.42. The fourth-order valence-corrected chi connectivity index (χ4v) is 5.24. The van der Waals surface area contributed by atoms with Crippen molar-refractivity contribution in [3.63, 3.8) is 0 Å². The van der Waals surface area contributed by atoms with Crippen molar-refractivity contribution in [2.24, 2.45) is 0 Å². The maximum Gasteiger partial charge on any atom is 0.170 e. The van der Waals surface area contributed by atoms with Gasteiger partial charge < -0.3 is 19.2 Å². The minimum atomic E-state index is -0.0805. The van der Waals surface area contributed by atoms with Crippen molar-refractivity contribution in [3.8, 4) is 5.69 Å². The van der Waals surface area contributed by atoms with Gasteiger partial charge in [0, 0.05) is 28.3 Å². The molecular formula is C26H25ClN4OS. The minimum Gasteiger partial charge on any atom is -0.467 e. The number of nitrogens with one attached hydrogen (secondary N) is 1. The Kier molecular flexibility index (Phi) is 5.72. The molecule has 0 spiro atoms. The number of aromatic nitrogens is 2. The minimum absolute atomic E-state index is 0.0445. The smallest absolute Gasteiger partial charge is 0.170 e. The van der Waals surface area contributed by atoms with Crippen molar-refractivity contribution in [3.05, 3.63) is 106 Å². The molecule has 0 radical (unpaired) electrons. The molecular weight excluding hydrogens is 452 g/mol. The molecule has 4 heterocycles. The Hall–Kier alpha value is -3.09. The molecule has 3 aromatic heterocycles. The van der Waals surface area contributed by atoms with Gasteiger partial charge in [-0.2, -0.15) is 0 Å². The van der Waals surface area contributed by atoms with Crippen molar-refractivity contribution in [1.82, 2.24) is 19.8 Å². The Morgan fingerprint density at radius 1 is 1.09 bits per heavy atom. The molecule has 5 rings (SSSR count). The average molecular weight is 477 g/mol. The van der Waals surface area contributed by atoms with Crippen LogP contribution in [0.1, 0.15) is 46.1 Å². The number of nitrogens with zero attached hydrogens (tertiary/aromatic N) is 3. The van der Waals surface area contributed by atoms with Crippen LogP contribution in [0.25, 0.3) is 5.69 Å². The Morgan fingerprint density at radius 3 is 2.67 bits per heavy atom. The summed E-state index contributed by atoms with van der Waals surface area (Å²) >= 11 is 12.2. The second-order valence-electron chi connectivity index (χ2n) is 8.43. The first-order valence-corrected chi connectivity index (χ1v) is 11.7. The van der Waals surface area contributed by atoms with Gasteiger partial charge in [0.25, 0.3) is 0 Å². The normalized spacial score (nSPS) is 18.1. The number of thiocarbonyl (C=S) groups is 1. The molecule has 4 aromatic rings. The van der Waals surface area contributed by atoms with Gasteiger partial charge in [0.15, 0.2) is 5.11 Å². The summed E-state index contributed by atoms with van der Waals surface area (Å²) in [6, 6.07) is 18.0. The number of pyridine rings is 1. The summed E-state index contributed by atoms with van der Waals surface area (Å²) in [7, 11) is 0. The van der Waals surface area contributed by atoms with Gasteiger partial charge in [0.05, 0.1) is 30.6 Å². The van der Waals surface area contributed by atoms with E-state index in [1.807, 2.05) is 48.7 Å². The van der Waals surface area contributed by atoms with Crippen LogP contribution in [0.4, 0.5) is 0 Å². The second kappa shape index (κ2) is 8.69. The maximum absolute atomic E-state index is 6.36. The van der Waals surface area contributed by atoms with Crippen LogP contribution in [0, 0.1) is 20.8 Å². The summed E-state index contributed by atoms with van der Waals surface area (Å²) in [6.07, 6.45) is 3.52. The number of furan rings is 1. The molecule has 33 heavy (non-hydrogen) atoms. The van der Waals surface area contributed by atoms with Gasteiger partial charge in [0.2, 0.25) is 0 Å². The molecule has 1 fully saturated rings. The molecule has 0 saturated carbocycles. The number of aryl methyl sites for hydroxylation is 2. The first-order chi connectivity index (χ1) is 15.9. The Morgan fingerprint density at radius 2 is 1.94 bits per heavy atom. The average Bonchev–Trinajstić information content (AvgIpc) is 3.50. The first kappa shape index (κ1) is 21.7. The third-order valence-electron chi connectivity index (χ3n) is 6.31. The molecule has 1 saturated heterocycles. The van der Waals surface area contributed by atoms with E-state index in [1.54, 1.807) is 6.26 Å². The van der Waals surface area contributed by atoms with E-state index in [-0.39, 0.29) is 12.1 Å². The van der Waals surface area contributed by atoms with E-state index in [0.29, 0.717) is 11.7 Å². The third kappa shape index (κ3) is 3.94. The zero-order valence-electron chi connectivity index (χ0n) is 18.7. The Labute approximate surface area is 204 Å². The molecule has 0 aliphatic carbocycles. The lowest BCUT2D eigenvalue weighted by Gasteiger charge is -2.27. The molecule has 7 heteroatoms. The fraction of sp³-hybridized carbons (Fsp3) is 0.231. The first-order valence-electron chi connectivity index (χ1n) is 10.9. The van der Waals surface area contributed by atoms with Crippen LogP contribution in [-0.4, -0.2) is 19.6 Å². The van der Waals surface area contributed by atoms with Crippen molar-refractivity contribution >= 4 is 28.9 Å². The standard InChI is InChI=1S/C26H25ClN4OS/c1-16-9-10-19(27)14-23(16)31-17(2)13-21(18(31)3)25-24(22-8-4-5-11-28-22)29-26(33)30(25)15-20-7-6-12-32-20/h4-14,24-25H,15H2,1-3H3,(H,29,33)/t24-,25-/m0/s1. The van der Waals surface area contributed by atoms with Crippen LogP contribution in [0.5, 0.6) is 0 Å². The summed E-state index contributed by atoms with van der Waals surface area (Å²) in [5.74, 6) is 0.866. The second-order valence-corrected chi connectivity index (χ2v) is 9.25. The molecule has 0 unspecified atom stereocenters. The molecule has 1 aliphatic heterocycles. The lowest BCUT2D eigenvalue weighted by molar-refractivity contribution is 0.286. The van der Waals surface area contributed by atoms with Gasteiger partial charge in [-0.25, -0.2) is 0 Å². The number of benzene rings is 1. The predicted octanol–water partition coefficient (Wildman–Crippen LogP) is 6.22. The monoisotopic (exact) mass is 476 g/mol. The third-order valence-corrected chi connectivity index (χ3v) is 6.89. The van der Waals surface area contributed by atoms with Crippen molar-refractivity contribution < 1.29 is 4.42 Å². The van der Waals surface area contributed by atoms with Crippen LogP contribution >= 0.6 is 23.8 Å². The van der Waals surface area contributed by atoms with Gasteiger partial charge in [-0.3, -0.25) is 4.98 Å². The van der Waals surface area contributed by atoms with Crippen LogP contribution in [-0.2, 0) is 6.54 Å². The van der Waals surface area contributed by atoms with Crippen LogP contribution in [0.2, 0.25) is 5.02 Å². The van der Waals surface area contributed by atoms with Crippen LogP contribution < -0.4 is 5.32 Å². The number of rotatable bonds is 5. The van der Waals surface area contributed by atoms with Crippen molar-refractivity contribution in [2.45, 2.75) is 39.4 Å². The van der Waals surface area contributed by atoms with Gasteiger partial charge in [-0.15, -0.1) is 0 Å². The molecule has 1 N–H and O–H groups in total. The highest BCUT2D eigenvalue weighted by Gasteiger charge is 2.41. The van der Waals surface area contributed by atoms with Gasteiger partial charge in [-0.05, 0) is 86.6 Å². The lowest BCUT2D eigenvalue weighted by Crippen LogP contribution is -2.29. The van der Waals surface area contributed by atoms with Gasteiger partial charge in [0.1, 0.15) is 5.76 Å². The van der Waals surface area contributed by atoms with E-state index in [4.69, 9.17) is 28.2 Å². The van der Waals surface area contributed by atoms with E-state index in [1.165, 1.54) is 11.1 Å². The summed E-state index contributed by atoms with van der Waals surface area (Å²) in [5.41, 5.74) is 6.70. The number of hydrogen-bond donors (Lipinski definition) is 1. The highest BCUT2D eigenvalue weighted by atomic mass is 35.5. The zero-order chi connectivity index (χ0) is 23.1.